The maximum Gasteiger partial charge on any atom is 0.258 e. The molecule has 0 bridgehead atoms. The van der Waals surface area contributed by atoms with Crippen molar-refractivity contribution >= 4 is 16.6 Å². The number of rotatable bonds is 4. The summed E-state index contributed by atoms with van der Waals surface area (Å²) in [7, 11) is 0. The van der Waals surface area contributed by atoms with Crippen LogP contribution in [-0.4, -0.2) is 30.6 Å². The van der Waals surface area contributed by atoms with Crippen LogP contribution >= 0.6 is 0 Å². The van der Waals surface area contributed by atoms with Crippen molar-refractivity contribution in [3.63, 3.8) is 0 Å². The molecule has 8 heteroatoms. The highest BCUT2D eigenvalue weighted by Crippen LogP contribution is 2.37. The summed E-state index contributed by atoms with van der Waals surface area (Å²) >= 11 is 0. The minimum absolute atomic E-state index is 0.443. The molecule has 0 saturated heterocycles. The van der Waals surface area contributed by atoms with Gasteiger partial charge in [-0.15, -0.1) is 0 Å². The number of hydrogen-bond donors (Lipinski definition) is 0. The van der Waals surface area contributed by atoms with Crippen LogP contribution in [0.4, 0.5) is 0 Å². The van der Waals surface area contributed by atoms with E-state index in [4.69, 9.17) is 14.5 Å². The van der Waals surface area contributed by atoms with E-state index in [9.17, 15) is 0 Å². The molecule has 4 aromatic rings. The summed E-state index contributed by atoms with van der Waals surface area (Å²) in [6.45, 7) is 4.02. The lowest BCUT2D eigenvalue weighted by Gasteiger charge is -2.16. The number of hydrogen-bond acceptors (Lipinski definition) is 7. The van der Waals surface area contributed by atoms with Crippen molar-refractivity contribution < 1.29 is 9.36 Å². The van der Waals surface area contributed by atoms with Crippen molar-refractivity contribution in [2.24, 2.45) is 5.16 Å². The Hall–Kier alpha value is -3.55. The van der Waals surface area contributed by atoms with Crippen LogP contribution in [0.15, 0.2) is 52.4 Å². The van der Waals surface area contributed by atoms with Gasteiger partial charge in [0.2, 0.25) is 11.4 Å². The molecule has 1 aliphatic heterocycles. The first-order chi connectivity index (χ1) is 15.6. The first-order valence-corrected chi connectivity index (χ1v) is 11.1. The molecule has 1 atom stereocenters. The van der Waals surface area contributed by atoms with Crippen LogP contribution in [0.25, 0.3) is 22.4 Å². The molecule has 2 aliphatic rings. The van der Waals surface area contributed by atoms with Gasteiger partial charge in [0.1, 0.15) is 0 Å². The summed E-state index contributed by atoms with van der Waals surface area (Å²) in [6.07, 6.45) is 8.89. The molecule has 6 rings (SSSR count). The molecule has 32 heavy (non-hydrogen) atoms. The molecule has 1 unspecified atom stereocenters. The Kier molecular flexibility index (Phi) is 4.34. The minimum atomic E-state index is -0.777. The quantitative estimate of drug-likeness (QED) is 0.457. The molecule has 8 nitrogen and oxygen atoms in total. The third kappa shape index (κ3) is 3.09. The minimum Gasteiger partial charge on any atom is -0.380 e. The Morgan fingerprint density at radius 1 is 1.06 bits per heavy atom. The van der Waals surface area contributed by atoms with E-state index >= 15 is 0 Å². The van der Waals surface area contributed by atoms with Crippen LogP contribution in [0.1, 0.15) is 62.2 Å². The van der Waals surface area contributed by atoms with Crippen molar-refractivity contribution in [2.45, 2.75) is 57.6 Å². The molecule has 0 amide bonds. The molecule has 1 saturated carbocycles. The van der Waals surface area contributed by atoms with Crippen molar-refractivity contribution in [3.8, 4) is 11.5 Å². The number of nitrogens with zero attached hydrogens (tertiary/aromatic N) is 6. The lowest BCUT2D eigenvalue weighted by molar-refractivity contribution is -0.0159. The van der Waals surface area contributed by atoms with Gasteiger partial charge in [0, 0.05) is 35.3 Å². The van der Waals surface area contributed by atoms with Gasteiger partial charge in [0.25, 0.3) is 5.89 Å². The second kappa shape index (κ2) is 7.25. The average molecular weight is 428 g/mol. The second-order valence-electron chi connectivity index (χ2n) is 8.90. The van der Waals surface area contributed by atoms with Crippen molar-refractivity contribution in [2.75, 3.05) is 0 Å². The van der Waals surface area contributed by atoms with E-state index in [2.05, 4.69) is 50.1 Å². The summed E-state index contributed by atoms with van der Waals surface area (Å²) in [4.78, 5) is 14.4. The van der Waals surface area contributed by atoms with Gasteiger partial charge in [0.05, 0.1) is 23.0 Å². The van der Waals surface area contributed by atoms with E-state index in [0.29, 0.717) is 24.2 Å². The summed E-state index contributed by atoms with van der Waals surface area (Å²) in [5, 5.41) is 14.6. The molecule has 1 aromatic carbocycles. The zero-order valence-corrected chi connectivity index (χ0v) is 18.2. The van der Waals surface area contributed by atoms with Crippen LogP contribution in [-0.2, 0) is 10.4 Å². The molecule has 0 spiro atoms. The van der Waals surface area contributed by atoms with Crippen molar-refractivity contribution in [1.29, 1.82) is 0 Å². The van der Waals surface area contributed by atoms with Gasteiger partial charge in [-0.1, -0.05) is 35.3 Å². The Labute approximate surface area is 185 Å². The Bertz CT molecular complexity index is 1320. The van der Waals surface area contributed by atoms with Gasteiger partial charge in [-0.3, -0.25) is 9.67 Å². The SMILES string of the molecule is Cc1nn(C2CCCC2)c2cc(C3=NOC(C)(c4noc(-c5ccncc5)n4)C3)ccc12. The molecule has 162 valence electrons. The molecule has 3 aromatic heterocycles. The summed E-state index contributed by atoms with van der Waals surface area (Å²) in [5.74, 6) is 0.925. The van der Waals surface area contributed by atoms with Crippen LogP contribution in [0, 0.1) is 6.92 Å². The molecule has 0 radical (unpaired) electrons. The first-order valence-electron chi connectivity index (χ1n) is 11.1. The number of aryl methyl sites for hydroxylation is 1. The van der Waals surface area contributed by atoms with Crippen LogP contribution < -0.4 is 0 Å². The highest BCUT2D eigenvalue weighted by Gasteiger charge is 2.41. The predicted octanol–water partition coefficient (Wildman–Crippen LogP) is 4.94. The normalized spacial score (nSPS) is 21.2. The lowest BCUT2D eigenvalue weighted by atomic mass is 9.94. The predicted molar refractivity (Wildman–Crippen MR) is 119 cm³/mol. The lowest BCUT2D eigenvalue weighted by Crippen LogP contribution is -2.23. The number of aromatic nitrogens is 5. The van der Waals surface area contributed by atoms with Gasteiger partial charge in [-0.25, -0.2) is 0 Å². The standard InChI is InChI=1S/C24H24N6O2/c1-15-19-8-7-17(13-21(19)30(27-15)18-5-3-4-6-18)20-14-24(2,32-28-20)23-26-22(31-29-23)16-9-11-25-12-10-16/h7-13,18H,3-6,14H2,1-2H3. The largest absolute Gasteiger partial charge is 0.380 e. The smallest absolute Gasteiger partial charge is 0.258 e. The summed E-state index contributed by atoms with van der Waals surface area (Å²) < 4.78 is 7.69. The van der Waals surface area contributed by atoms with E-state index in [0.717, 1.165) is 22.5 Å². The maximum atomic E-state index is 5.86. The van der Waals surface area contributed by atoms with Gasteiger partial charge in [0.15, 0.2) is 0 Å². The highest BCUT2D eigenvalue weighted by atomic mass is 16.7. The third-order valence-electron chi connectivity index (χ3n) is 6.58. The van der Waals surface area contributed by atoms with E-state index in [1.807, 2.05) is 19.1 Å². The summed E-state index contributed by atoms with van der Waals surface area (Å²) in [5.41, 5.74) is 4.20. The number of benzene rings is 1. The topological polar surface area (TPSA) is 91.2 Å². The van der Waals surface area contributed by atoms with Gasteiger partial charge in [-0.2, -0.15) is 10.1 Å². The van der Waals surface area contributed by atoms with E-state index in [-0.39, 0.29) is 0 Å². The van der Waals surface area contributed by atoms with Crippen LogP contribution in [0.3, 0.4) is 0 Å². The van der Waals surface area contributed by atoms with Crippen LogP contribution in [0.5, 0.6) is 0 Å². The fourth-order valence-corrected chi connectivity index (χ4v) is 4.77. The molecule has 1 aliphatic carbocycles. The number of pyridine rings is 1. The van der Waals surface area contributed by atoms with Gasteiger partial charge < -0.3 is 9.36 Å². The van der Waals surface area contributed by atoms with E-state index in [1.54, 1.807) is 12.4 Å². The molecular weight excluding hydrogens is 404 g/mol. The highest BCUT2D eigenvalue weighted by molar-refractivity contribution is 6.04. The van der Waals surface area contributed by atoms with Crippen molar-refractivity contribution in [1.82, 2.24) is 24.9 Å². The maximum absolute atomic E-state index is 5.86. The Balaban J connectivity index is 1.29. The zero-order chi connectivity index (χ0) is 21.7. The monoisotopic (exact) mass is 428 g/mol. The van der Waals surface area contributed by atoms with Crippen molar-refractivity contribution in [3.05, 3.63) is 59.8 Å². The van der Waals surface area contributed by atoms with Gasteiger partial charge in [-0.05, 0) is 44.9 Å². The van der Waals surface area contributed by atoms with Crippen LogP contribution in [0.2, 0.25) is 0 Å². The molecule has 0 N–H and O–H groups in total. The fourth-order valence-electron chi connectivity index (χ4n) is 4.77. The number of fused-ring (bicyclic) bond motifs is 1. The second-order valence-corrected chi connectivity index (χ2v) is 8.90. The number of oxime groups is 1. The van der Waals surface area contributed by atoms with E-state index in [1.165, 1.54) is 36.6 Å². The third-order valence-corrected chi connectivity index (χ3v) is 6.58. The molecular formula is C24H24N6O2. The molecule has 1 fully saturated rings. The zero-order valence-electron chi connectivity index (χ0n) is 18.2. The molecule has 4 heterocycles. The average Bonchev–Trinajstić information content (AvgIpc) is 3.61. The Morgan fingerprint density at radius 3 is 2.69 bits per heavy atom. The Morgan fingerprint density at radius 2 is 1.88 bits per heavy atom. The van der Waals surface area contributed by atoms with Gasteiger partial charge >= 0.3 is 0 Å². The van der Waals surface area contributed by atoms with E-state index < -0.39 is 5.60 Å². The fraction of sp³-hybridized carbons (Fsp3) is 0.375. The summed E-state index contributed by atoms with van der Waals surface area (Å²) in [6, 6.07) is 10.6. The first kappa shape index (κ1) is 19.2.